The average Bonchev–Trinajstić information content (AvgIpc) is 2.84. The van der Waals surface area contributed by atoms with Gasteiger partial charge in [-0.15, -0.1) is 0 Å². The number of aromatic nitrogens is 3. The Kier molecular flexibility index (Phi) is 3.12. The van der Waals surface area contributed by atoms with Gasteiger partial charge in [0.1, 0.15) is 5.82 Å². The summed E-state index contributed by atoms with van der Waals surface area (Å²) < 4.78 is 7.35. The normalized spacial score (nSPS) is 10.9. The molecule has 0 aliphatic heterocycles. The third kappa shape index (κ3) is 1.83. The first-order chi connectivity index (χ1) is 9.76. The van der Waals surface area contributed by atoms with Crippen molar-refractivity contribution in [3.8, 4) is 17.3 Å². The van der Waals surface area contributed by atoms with Crippen LogP contribution in [0.4, 0.5) is 0 Å². The SMILES string of the molecule is COc1ncccc1-c1nc2c(CN)cccc2n1C. The summed E-state index contributed by atoms with van der Waals surface area (Å²) in [5, 5.41) is 0. The van der Waals surface area contributed by atoms with Crippen LogP contribution in [0.3, 0.4) is 0 Å². The van der Waals surface area contributed by atoms with E-state index in [1.807, 2.05) is 41.9 Å². The molecule has 0 amide bonds. The van der Waals surface area contributed by atoms with Crippen LogP contribution in [0.5, 0.6) is 5.88 Å². The van der Waals surface area contributed by atoms with Crippen molar-refractivity contribution in [3.05, 3.63) is 42.1 Å². The van der Waals surface area contributed by atoms with Gasteiger partial charge in [-0.25, -0.2) is 9.97 Å². The predicted octanol–water partition coefficient (Wildman–Crippen LogP) is 2.10. The molecule has 0 fully saturated rings. The van der Waals surface area contributed by atoms with Gasteiger partial charge in [-0.1, -0.05) is 12.1 Å². The molecule has 0 aliphatic rings. The molecule has 5 nitrogen and oxygen atoms in total. The maximum atomic E-state index is 5.78. The van der Waals surface area contributed by atoms with Gasteiger partial charge >= 0.3 is 0 Å². The second-order valence-electron chi connectivity index (χ2n) is 4.54. The molecule has 2 heterocycles. The molecule has 0 unspecified atom stereocenters. The highest BCUT2D eigenvalue weighted by Crippen LogP contribution is 2.30. The standard InChI is InChI=1S/C15H16N4O/c1-19-12-7-3-5-10(9-16)13(12)18-14(19)11-6-4-8-17-15(11)20-2/h3-8H,9,16H2,1-2H3. The van der Waals surface area contributed by atoms with E-state index in [0.29, 0.717) is 12.4 Å². The van der Waals surface area contributed by atoms with Crippen molar-refractivity contribution in [2.75, 3.05) is 7.11 Å². The number of aryl methyl sites for hydroxylation is 1. The maximum Gasteiger partial charge on any atom is 0.224 e. The Hall–Kier alpha value is -2.40. The Bertz CT molecular complexity index is 764. The summed E-state index contributed by atoms with van der Waals surface area (Å²) in [5.41, 5.74) is 9.67. The largest absolute Gasteiger partial charge is 0.480 e. The summed E-state index contributed by atoms with van der Waals surface area (Å²) in [4.78, 5) is 8.95. The lowest BCUT2D eigenvalue weighted by atomic mass is 10.2. The Morgan fingerprint density at radius 3 is 2.85 bits per heavy atom. The number of para-hydroxylation sites is 1. The van der Waals surface area contributed by atoms with Crippen LogP contribution in [0.2, 0.25) is 0 Å². The van der Waals surface area contributed by atoms with Gasteiger partial charge in [0.05, 0.1) is 23.7 Å². The Labute approximate surface area is 117 Å². The number of nitrogens with zero attached hydrogens (tertiary/aromatic N) is 3. The number of imidazole rings is 1. The summed E-state index contributed by atoms with van der Waals surface area (Å²) in [7, 11) is 3.59. The van der Waals surface area contributed by atoms with E-state index in [1.165, 1.54) is 0 Å². The molecular formula is C15H16N4O. The number of methoxy groups -OCH3 is 1. The molecule has 2 aromatic heterocycles. The highest BCUT2D eigenvalue weighted by Gasteiger charge is 2.15. The highest BCUT2D eigenvalue weighted by atomic mass is 16.5. The molecule has 0 spiro atoms. The summed E-state index contributed by atoms with van der Waals surface area (Å²) in [6.07, 6.45) is 1.70. The van der Waals surface area contributed by atoms with Gasteiger partial charge in [0.2, 0.25) is 5.88 Å². The second kappa shape index (κ2) is 4.94. The van der Waals surface area contributed by atoms with Crippen LogP contribution >= 0.6 is 0 Å². The third-order valence-corrected chi connectivity index (χ3v) is 3.42. The molecule has 3 rings (SSSR count). The van der Waals surface area contributed by atoms with Crippen LogP contribution in [0, 0.1) is 0 Å². The lowest BCUT2D eigenvalue weighted by Crippen LogP contribution is -1.97. The van der Waals surface area contributed by atoms with Crippen LogP contribution < -0.4 is 10.5 Å². The van der Waals surface area contributed by atoms with Gasteiger partial charge in [-0.05, 0) is 23.8 Å². The number of fused-ring (bicyclic) bond motifs is 1. The van der Waals surface area contributed by atoms with Crippen LogP contribution in [0.1, 0.15) is 5.56 Å². The minimum atomic E-state index is 0.470. The van der Waals surface area contributed by atoms with Crippen molar-refractivity contribution in [3.63, 3.8) is 0 Å². The van der Waals surface area contributed by atoms with Crippen molar-refractivity contribution in [2.45, 2.75) is 6.54 Å². The smallest absolute Gasteiger partial charge is 0.224 e. The van der Waals surface area contributed by atoms with E-state index >= 15 is 0 Å². The molecule has 0 saturated heterocycles. The molecule has 102 valence electrons. The van der Waals surface area contributed by atoms with E-state index in [-0.39, 0.29) is 0 Å². The van der Waals surface area contributed by atoms with E-state index in [4.69, 9.17) is 15.5 Å². The number of pyridine rings is 1. The van der Waals surface area contributed by atoms with Gasteiger partial charge in [0.25, 0.3) is 0 Å². The number of benzene rings is 1. The molecule has 0 atom stereocenters. The summed E-state index contributed by atoms with van der Waals surface area (Å²) in [6.45, 7) is 0.470. The van der Waals surface area contributed by atoms with Crippen LogP contribution in [-0.2, 0) is 13.6 Å². The van der Waals surface area contributed by atoms with Crippen molar-refractivity contribution >= 4 is 11.0 Å². The molecule has 0 bridgehead atoms. The summed E-state index contributed by atoms with van der Waals surface area (Å²) in [6, 6.07) is 9.86. The Morgan fingerprint density at radius 1 is 1.25 bits per heavy atom. The molecule has 0 radical (unpaired) electrons. The van der Waals surface area contributed by atoms with E-state index < -0.39 is 0 Å². The zero-order valence-electron chi connectivity index (χ0n) is 11.5. The van der Waals surface area contributed by atoms with Gasteiger partial charge < -0.3 is 15.0 Å². The van der Waals surface area contributed by atoms with E-state index in [0.717, 1.165) is 28.0 Å². The van der Waals surface area contributed by atoms with Crippen LogP contribution in [0.15, 0.2) is 36.5 Å². The van der Waals surface area contributed by atoms with Crippen molar-refractivity contribution in [2.24, 2.45) is 12.8 Å². The first-order valence-electron chi connectivity index (χ1n) is 6.40. The van der Waals surface area contributed by atoms with Crippen LogP contribution in [0.25, 0.3) is 22.4 Å². The predicted molar refractivity (Wildman–Crippen MR) is 78.4 cm³/mol. The molecule has 5 heteroatoms. The summed E-state index contributed by atoms with van der Waals surface area (Å²) in [5.74, 6) is 1.39. The quantitative estimate of drug-likeness (QED) is 0.790. The Balaban J connectivity index is 2.29. The molecule has 1 aromatic carbocycles. The fourth-order valence-corrected chi connectivity index (χ4v) is 2.40. The molecule has 3 aromatic rings. The van der Waals surface area contributed by atoms with Gasteiger partial charge in [0.15, 0.2) is 0 Å². The Morgan fingerprint density at radius 2 is 2.10 bits per heavy atom. The average molecular weight is 268 g/mol. The van der Waals surface area contributed by atoms with Gasteiger partial charge in [0, 0.05) is 19.8 Å². The summed E-state index contributed by atoms with van der Waals surface area (Å²) >= 11 is 0. The lowest BCUT2D eigenvalue weighted by Gasteiger charge is -2.06. The minimum absolute atomic E-state index is 0.470. The first kappa shape index (κ1) is 12.6. The molecular weight excluding hydrogens is 252 g/mol. The van der Waals surface area contributed by atoms with Crippen molar-refractivity contribution in [1.29, 1.82) is 0 Å². The fourth-order valence-electron chi connectivity index (χ4n) is 2.40. The zero-order valence-corrected chi connectivity index (χ0v) is 11.5. The van der Waals surface area contributed by atoms with Crippen molar-refractivity contribution in [1.82, 2.24) is 14.5 Å². The number of hydrogen-bond acceptors (Lipinski definition) is 4. The third-order valence-electron chi connectivity index (χ3n) is 3.42. The number of ether oxygens (including phenoxy) is 1. The lowest BCUT2D eigenvalue weighted by molar-refractivity contribution is 0.399. The van der Waals surface area contributed by atoms with Gasteiger partial charge in [-0.3, -0.25) is 0 Å². The molecule has 0 saturated carbocycles. The van der Waals surface area contributed by atoms with Crippen molar-refractivity contribution < 1.29 is 4.74 Å². The van der Waals surface area contributed by atoms with E-state index in [9.17, 15) is 0 Å². The highest BCUT2D eigenvalue weighted by molar-refractivity contribution is 5.84. The second-order valence-corrected chi connectivity index (χ2v) is 4.54. The van der Waals surface area contributed by atoms with Gasteiger partial charge in [-0.2, -0.15) is 0 Å². The fraction of sp³-hybridized carbons (Fsp3) is 0.200. The van der Waals surface area contributed by atoms with Crippen LogP contribution in [-0.4, -0.2) is 21.6 Å². The zero-order chi connectivity index (χ0) is 14.1. The monoisotopic (exact) mass is 268 g/mol. The molecule has 0 aliphatic carbocycles. The van der Waals surface area contributed by atoms with E-state index in [2.05, 4.69) is 4.98 Å². The number of rotatable bonds is 3. The van der Waals surface area contributed by atoms with E-state index in [1.54, 1.807) is 13.3 Å². The number of nitrogens with two attached hydrogens (primary N) is 1. The topological polar surface area (TPSA) is 66.0 Å². The first-order valence-corrected chi connectivity index (χ1v) is 6.40. The number of hydrogen-bond donors (Lipinski definition) is 1. The minimum Gasteiger partial charge on any atom is -0.480 e. The molecule has 2 N–H and O–H groups in total. The molecule has 20 heavy (non-hydrogen) atoms. The maximum absolute atomic E-state index is 5.78.